The molecule has 4 N–H and O–H groups in total. The molecule has 0 atom stereocenters. The molecule has 0 bridgehead atoms. The van der Waals surface area contributed by atoms with E-state index in [9.17, 15) is 4.39 Å². The highest BCUT2D eigenvalue weighted by Gasteiger charge is 2.23. The van der Waals surface area contributed by atoms with Gasteiger partial charge in [0, 0.05) is 102 Å². The SMILES string of the molecule is CCCOc1ccc(N2CCN(CCn3cnc4c3nc(N)n3nc(-c5ccccc5C)nc43)CC2)c(F)c1.CCCOc1ccc(N2CCN(CCn3cnc4c3nc(N)n3nc(-c5ccccn5)nc43)CC2)cc1. The Morgan fingerprint density at radius 2 is 1.11 bits per heavy atom. The van der Waals surface area contributed by atoms with Crippen LogP contribution in [0.3, 0.4) is 0 Å². The molecule has 2 fully saturated rings. The highest BCUT2D eigenvalue weighted by Crippen LogP contribution is 2.28. The number of pyridine rings is 1. The number of nitrogens with two attached hydrogens (primary N) is 2. The number of piperazine rings is 2. The van der Waals surface area contributed by atoms with Crippen molar-refractivity contribution in [1.29, 1.82) is 0 Å². The van der Waals surface area contributed by atoms with Crippen molar-refractivity contribution in [2.75, 3.05) is 99.9 Å². The molecule has 0 spiro atoms. The minimum atomic E-state index is -0.240. The summed E-state index contributed by atoms with van der Waals surface area (Å²) in [7, 11) is 0. The van der Waals surface area contributed by atoms with Gasteiger partial charge in [-0.15, -0.1) is 10.2 Å². The summed E-state index contributed by atoms with van der Waals surface area (Å²) >= 11 is 0. The van der Waals surface area contributed by atoms with E-state index in [1.165, 1.54) is 16.3 Å². The van der Waals surface area contributed by atoms with Crippen LogP contribution in [0.25, 0.3) is 56.5 Å². The quantitative estimate of drug-likeness (QED) is 0.105. The number of fused-ring (bicyclic) bond motifs is 6. The van der Waals surface area contributed by atoms with Gasteiger partial charge in [0.1, 0.15) is 23.0 Å². The summed E-state index contributed by atoms with van der Waals surface area (Å²) in [6.07, 6.45) is 7.22. The van der Waals surface area contributed by atoms with E-state index in [0.29, 0.717) is 75.6 Å². The zero-order valence-corrected chi connectivity index (χ0v) is 43.1. The molecule has 22 heteroatoms. The third-order valence-electron chi connectivity index (χ3n) is 13.9. The molecular formula is C54H62FN19O2. The lowest BCUT2D eigenvalue weighted by atomic mass is 10.1. The van der Waals surface area contributed by atoms with Crippen LogP contribution >= 0.6 is 0 Å². The Bertz CT molecular complexity index is 3580. The third kappa shape index (κ3) is 10.4. The van der Waals surface area contributed by atoms with Crippen molar-refractivity contribution < 1.29 is 13.9 Å². The molecule has 76 heavy (non-hydrogen) atoms. The molecule has 7 aromatic heterocycles. The fourth-order valence-corrected chi connectivity index (χ4v) is 9.70. The number of hydrogen-bond acceptors (Lipinski definition) is 17. The summed E-state index contributed by atoms with van der Waals surface area (Å²) in [6, 6.07) is 27.2. The number of aromatic nitrogens is 13. The number of anilines is 4. The number of imidazole rings is 2. The van der Waals surface area contributed by atoms with Crippen LogP contribution in [0.4, 0.5) is 27.7 Å². The monoisotopic (exact) mass is 1030 g/mol. The van der Waals surface area contributed by atoms with Gasteiger partial charge < -0.3 is 39.9 Å². The zero-order chi connectivity index (χ0) is 52.1. The number of rotatable bonds is 16. The predicted octanol–water partition coefficient (Wildman–Crippen LogP) is 6.51. The van der Waals surface area contributed by atoms with E-state index >= 15 is 0 Å². The molecule has 0 radical (unpaired) electrons. The molecule has 3 aromatic carbocycles. The molecule has 392 valence electrons. The Hall–Kier alpha value is -8.50. The highest BCUT2D eigenvalue weighted by molar-refractivity contribution is 5.88. The number of nitrogens with zero attached hydrogens (tertiary/aromatic N) is 17. The summed E-state index contributed by atoms with van der Waals surface area (Å²) in [5.41, 5.74) is 21.1. The first-order valence-corrected chi connectivity index (χ1v) is 26.0. The van der Waals surface area contributed by atoms with E-state index in [2.05, 4.69) is 90.9 Å². The molecule has 0 saturated carbocycles. The number of benzene rings is 3. The van der Waals surface area contributed by atoms with Gasteiger partial charge in [0.25, 0.3) is 0 Å². The van der Waals surface area contributed by atoms with Crippen LogP contribution in [-0.4, -0.2) is 152 Å². The van der Waals surface area contributed by atoms with Crippen LogP contribution in [-0.2, 0) is 13.1 Å². The molecule has 9 heterocycles. The Labute approximate surface area is 438 Å². The third-order valence-corrected chi connectivity index (χ3v) is 13.9. The van der Waals surface area contributed by atoms with Crippen LogP contribution in [0.15, 0.2) is 104 Å². The van der Waals surface area contributed by atoms with Crippen molar-refractivity contribution in [2.45, 2.75) is 46.7 Å². The van der Waals surface area contributed by atoms with E-state index in [-0.39, 0.29) is 17.7 Å². The van der Waals surface area contributed by atoms with Crippen LogP contribution in [0.5, 0.6) is 11.5 Å². The largest absolute Gasteiger partial charge is 0.494 e. The molecule has 2 aliphatic heterocycles. The van der Waals surface area contributed by atoms with Crippen LogP contribution in [0.1, 0.15) is 32.3 Å². The molecule has 10 aromatic rings. The summed E-state index contributed by atoms with van der Waals surface area (Å²) in [5.74, 6) is 2.91. The predicted molar refractivity (Wildman–Crippen MR) is 292 cm³/mol. The lowest BCUT2D eigenvalue weighted by Gasteiger charge is -2.36. The Balaban J connectivity index is 0.000000162. The molecule has 2 aliphatic rings. The Morgan fingerprint density at radius 1 is 0.553 bits per heavy atom. The molecule has 21 nitrogen and oxygen atoms in total. The second-order valence-electron chi connectivity index (χ2n) is 19.0. The topological polar surface area (TPSA) is 218 Å². The highest BCUT2D eigenvalue weighted by atomic mass is 19.1. The van der Waals surface area contributed by atoms with Crippen molar-refractivity contribution >= 4 is 56.9 Å². The van der Waals surface area contributed by atoms with Gasteiger partial charge in [-0.3, -0.25) is 14.8 Å². The second kappa shape index (κ2) is 22.1. The maximum atomic E-state index is 14.7. The summed E-state index contributed by atoms with van der Waals surface area (Å²) in [5, 5.41) is 9.10. The molecule has 0 unspecified atom stereocenters. The van der Waals surface area contributed by atoms with Gasteiger partial charge >= 0.3 is 0 Å². The second-order valence-corrected chi connectivity index (χ2v) is 19.0. The van der Waals surface area contributed by atoms with Gasteiger partial charge in [-0.25, -0.2) is 24.3 Å². The average Bonchev–Trinajstić information content (AvgIpc) is 4.32. The molecule has 2 saturated heterocycles. The van der Waals surface area contributed by atoms with Gasteiger partial charge in [0.05, 0.1) is 31.6 Å². The van der Waals surface area contributed by atoms with Crippen molar-refractivity contribution in [2.24, 2.45) is 0 Å². The minimum absolute atomic E-state index is 0.240. The zero-order valence-electron chi connectivity index (χ0n) is 43.1. The first-order valence-electron chi connectivity index (χ1n) is 26.0. The molecule has 0 amide bonds. The molecule has 12 rings (SSSR count). The van der Waals surface area contributed by atoms with Gasteiger partial charge in [0.2, 0.25) is 17.7 Å². The number of nitrogen functional groups attached to an aromatic ring is 2. The standard InChI is InChI=1S/C28H32FN9O.C26H30N10O/c1-3-16-39-20-8-9-23(22(29)17-20)36-13-10-35(11-14-36)12-15-37-18-31-24-26(37)33-28(30)38-27(24)32-25(34-38)21-7-5-4-6-19(21)2;1-2-17-37-20-8-6-19(7-9-20)34-14-11-33(12-15-34)13-16-35-18-29-22-24(35)31-26(27)36-25(22)30-23(32-36)21-5-3-4-10-28-21/h4-9,17-18H,3,10-16H2,1-2H3,(H2,30,33);3-10,18H,2,11-17H2,1H3,(H2,27,31). The first kappa shape index (κ1) is 49.7. The van der Waals surface area contributed by atoms with Crippen LogP contribution in [0, 0.1) is 12.7 Å². The summed E-state index contributed by atoms with van der Waals surface area (Å²) < 4.78 is 33.1. The van der Waals surface area contributed by atoms with Crippen LogP contribution < -0.4 is 30.7 Å². The lowest BCUT2D eigenvalue weighted by Crippen LogP contribution is -2.47. The average molecular weight is 1030 g/mol. The fourth-order valence-electron chi connectivity index (χ4n) is 9.70. The summed E-state index contributed by atoms with van der Waals surface area (Å²) in [6.45, 7) is 17.9. The first-order chi connectivity index (χ1) is 37.2. The maximum Gasteiger partial charge on any atom is 0.225 e. The number of hydrogen-bond donors (Lipinski definition) is 2. The number of ether oxygens (including phenoxy) is 2. The number of halogens is 1. The van der Waals surface area contributed by atoms with Gasteiger partial charge in [-0.05, 0) is 73.9 Å². The maximum absolute atomic E-state index is 14.7. The van der Waals surface area contributed by atoms with Crippen molar-refractivity contribution in [3.8, 4) is 34.4 Å². The van der Waals surface area contributed by atoms with E-state index in [4.69, 9.17) is 25.9 Å². The van der Waals surface area contributed by atoms with E-state index < -0.39 is 0 Å². The van der Waals surface area contributed by atoms with Gasteiger partial charge in [0.15, 0.2) is 39.4 Å². The van der Waals surface area contributed by atoms with E-state index in [1.807, 2.05) is 83.9 Å². The van der Waals surface area contributed by atoms with E-state index in [1.54, 1.807) is 17.0 Å². The van der Waals surface area contributed by atoms with Crippen molar-refractivity contribution in [3.05, 3.63) is 115 Å². The van der Waals surface area contributed by atoms with Crippen LogP contribution in [0.2, 0.25) is 0 Å². The molecular weight excluding hydrogens is 966 g/mol. The van der Waals surface area contributed by atoms with Crippen molar-refractivity contribution in [3.63, 3.8) is 0 Å². The molecule has 0 aliphatic carbocycles. The smallest absolute Gasteiger partial charge is 0.225 e. The lowest BCUT2D eigenvalue weighted by molar-refractivity contribution is 0.248. The summed E-state index contributed by atoms with van der Waals surface area (Å²) in [4.78, 5) is 41.5. The van der Waals surface area contributed by atoms with Gasteiger partial charge in [-0.1, -0.05) is 44.2 Å². The normalized spacial score (nSPS) is 14.5. The van der Waals surface area contributed by atoms with Crippen molar-refractivity contribution in [1.82, 2.24) is 73.1 Å². The Morgan fingerprint density at radius 3 is 1.68 bits per heavy atom. The fraction of sp³-hybridized carbons (Fsp3) is 0.352. The Kier molecular flexibility index (Phi) is 14.5. The van der Waals surface area contributed by atoms with Gasteiger partial charge in [-0.2, -0.15) is 19.0 Å². The van der Waals surface area contributed by atoms with E-state index in [0.717, 1.165) is 108 Å². The number of aryl methyl sites for hydroxylation is 1. The minimum Gasteiger partial charge on any atom is -0.494 e.